The van der Waals surface area contributed by atoms with Gasteiger partial charge < -0.3 is 14.7 Å². The molecule has 1 unspecified atom stereocenters. The molecule has 0 bridgehead atoms. The van der Waals surface area contributed by atoms with Crippen LogP contribution in [0.4, 0.5) is 0 Å². The molecule has 1 saturated heterocycles. The SMILES string of the molecule is C#Cc1ccc(CC2CCN(C(=O)c3cc(C4C=NC5=C(CCN(C)CC5)N4C)c(C4CCC4)cc3C)CC2)cc1. The Balaban J connectivity index is 1.20. The summed E-state index contributed by atoms with van der Waals surface area (Å²) < 4.78 is 0. The van der Waals surface area contributed by atoms with Crippen molar-refractivity contribution >= 4 is 12.1 Å². The number of amides is 1. The Hall–Kier alpha value is -3.36. The van der Waals surface area contributed by atoms with Crippen LogP contribution in [-0.4, -0.2) is 67.1 Å². The van der Waals surface area contributed by atoms with Crippen LogP contribution < -0.4 is 0 Å². The monoisotopic (exact) mass is 548 g/mol. The summed E-state index contributed by atoms with van der Waals surface area (Å²) in [6, 6.07) is 13.0. The summed E-state index contributed by atoms with van der Waals surface area (Å²) in [5.41, 5.74) is 9.55. The molecule has 1 aliphatic carbocycles. The van der Waals surface area contributed by atoms with Gasteiger partial charge in [0.1, 0.15) is 0 Å². The molecule has 2 aromatic carbocycles. The topological polar surface area (TPSA) is 39.2 Å². The normalized spacial score (nSPS) is 22.2. The van der Waals surface area contributed by atoms with Gasteiger partial charge in [0.15, 0.2) is 0 Å². The molecule has 0 aromatic heterocycles. The number of rotatable bonds is 5. The molecule has 3 aliphatic heterocycles. The van der Waals surface area contributed by atoms with Crippen LogP contribution in [0.5, 0.6) is 0 Å². The van der Waals surface area contributed by atoms with Gasteiger partial charge in [-0.3, -0.25) is 9.79 Å². The molecule has 0 N–H and O–H groups in total. The van der Waals surface area contributed by atoms with Crippen LogP contribution in [0.25, 0.3) is 0 Å². The van der Waals surface area contributed by atoms with Gasteiger partial charge in [-0.15, -0.1) is 6.42 Å². The van der Waals surface area contributed by atoms with Crippen molar-refractivity contribution in [3.63, 3.8) is 0 Å². The van der Waals surface area contributed by atoms with Crippen LogP contribution in [0.15, 0.2) is 52.8 Å². The van der Waals surface area contributed by atoms with Crippen molar-refractivity contribution in [3.8, 4) is 12.3 Å². The Labute approximate surface area is 246 Å². The van der Waals surface area contributed by atoms with E-state index in [1.165, 1.54) is 47.3 Å². The second-order valence-electron chi connectivity index (χ2n) is 12.7. The van der Waals surface area contributed by atoms with E-state index in [4.69, 9.17) is 11.4 Å². The summed E-state index contributed by atoms with van der Waals surface area (Å²) in [5, 5.41) is 0. The van der Waals surface area contributed by atoms with E-state index in [-0.39, 0.29) is 11.9 Å². The number of piperidine rings is 1. The van der Waals surface area contributed by atoms with Crippen LogP contribution in [-0.2, 0) is 6.42 Å². The molecule has 6 rings (SSSR count). The predicted molar refractivity (Wildman–Crippen MR) is 167 cm³/mol. The standard InChI is InChI=1S/C36H44N4O/c1-5-26-9-11-27(12-10-26)22-28-13-19-40(20-14-28)36(41)30-23-32(31(21-25(30)2)29-7-6-8-29)35-24-37-33-15-17-38(3)18-16-34(33)39(35)4/h1,9-12,21,23-24,28-29,35H,6-8,13-20,22H2,2-4H3. The van der Waals surface area contributed by atoms with Crippen LogP contribution in [0, 0.1) is 25.2 Å². The molecule has 5 heteroatoms. The summed E-state index contributed by atoms with van der Waals surface area (Å²) >= 11 is 0. The molecule has 3 heterocycles. The first kappa shape index (κ1) is 27.8. The lowest BCUT2D eigenvalue weighted by Gasteiger charge is -2.38. The van der Waals surface area contributed by atoms with Crippen LogP contribution in [0.3, 0.4) is 0 Å². The van der Waals surface area contributed by atoms with Crippen molar-refractivity contribution in [1.82, 2.24) is 14.7 Å². The van der Waals surface area contributed by atoms with Crippen LogP contribution >= 0.6 is 0 Å². The summed E-state index contributed by atoms with van der Waals surface area (Å²) in [5.74, 6) is 4.08. The minimum absolute atomic E-state index is 0.0755. The highest BCUT2D eigenvalue weighted by Crippen LogP contribution is 2.43. The zero-order valence-corrected chi connectivity index (χ0v) is 25.0. The van der Waals surface area contributed by atoms with E-state index in [1.807, 2.05) is 12.1 Å². The van der Waals surface area contributed by atoms with E-state index in [9.17, 15) is 4.79 Å². The number of benzene rings is 2. The molecule has 1 amide bonds. The fraction of sp³-hybridized carbons (Fsp3) is 0.500. The van der Waals surface area contributed by atoms with Gasteiger partial charge in [-0.1, -0.05) is 30.5 Å². The van der Waals surface area contributed by atoms with Gasteiger partial charge in [0.25, 0.3) is 5.91 Å². The van der Waals surface area contributed by atoms with Gasteiger partial charge in [0, 0.05) is 69.1 Å². The Bertz CT molecular complexity index is 1390. The highest BCUT2D eigenvalue weighted by Gasteiger charge is 2.33. The molecule has 4 aliphatic rings. The molecular weight excluding hydrogens is 504 g/mol. The third-order valence-electron chi connectivity index (χ3n) is 10.1. The van der Waals surface area contributed by atoms with E-state index in [0.717, 1.165) is 75.0 Å². The molecule has 214 valence electrons. The smallest absolute Gasteiger partial charge is 0.254 e. The number of aliphatic imine (C=N–C) groups is 1. The Morgan fingerprint density at radius 1 is 0.976 bits per heavy atom. The lowest BCUT2D eigenvalue weighted by atomic mass is 9.75. The minimum Gasteiger partial charge on any atom is -0.364 e. The van der Waals surface area contributed by atoms with Crippen molar-refractivity contribution < 1.29 is 4.79 Å². The van der Waals surface area contributed by atoms with Gasteiger partial charge in [-0.2, -0.15) is 0 Å². The van der Waals surface area contributed by atoms with E-state index in [0.29, 0.717) is 11.8 Å². The summed E-state index contributed by atoms with van der Waals surface area (Å²) in [4.78, 5) is 26.0. The molecule has 0 spiro atoms. The first-order valence-electron chi connectivity index (χ1n) is 15.6. The third-order valence-corrected chi connectivity index (χ3v) is 10.1. The van der Waals surface area contributed by atoms with Crippen LogP contribution in [0.2, 0.25) is 0 Å². The molecule has 1 atom stereocenters. The number of likely N-dealkylation sites (tertiary alicyclic amines) is 1. The average molecular weight is 549 g/mol. The van der Waals surface area contributed by atoms with Crippen LogP contribution in [0.1, 0.15) is 95.1 Å². The van der Waals surface area contributed by atoms with Crippen molar-refractivity contribution in [1.29, 1.82) is 0 Å². The number of terminal acetylenes is 1. The fourth-order valence-corrected chi connectivity index (χ4v) is 7.12. The highest BCUT2D eigenvalue weighted by molar-refractivity contribution is 5.96. The van der Waals surface area contributed by atoms with E-state index >= 15 is 0 Å². The number of carbonyl (C=O) groups excluding carboxylic acids is 1. The molecule has 1 saturated carbocycles. The Kier molecular flexibility index (Phi) is 8.04. The van der Waals surface area contributed by atoms with Crippen molar-refractivity contribution in [2.24, 2.45) is 10.9 Å². The lowest BCUT2D eigenvalue weighted by Crippen LogP contribution is -2.39. The average Bonchev–Trinajstić information content (AvgIpc) is 3.15. The zero-order valence-electron chi connectivity index (χ0n) is 25.0. The Morgan fingerprint density at radius 3 is 2.39 bits per heavy atom. The van der Waals surface area contributed by atoms with Gasteiger partial charge in [-0.25, -0.2) is 0 Å². The molecule has 2 aromatic rings. The van der Waals surface area contributed by atoms with E-state index in [1.54, 1.807) is 0 Å². The first-order chi connectivity index (χ1) is 19.9. The first-order valence-corrected chi connectivity index (χ1v) is 15.6. The fourth-order valence-electron chi connectivity index (χ4n) is 7.12. The number of carbonyl (C=O) groups is 1. The maximum absolute atomic E-state index is 14.0. The van der Waals surface area contributed by atoms with E-state index < -0.39 is 0 Å². The number of hydrogen-bond donors (Lipinski definition) is 0. The molecule has 5 nitrogen and oxygen atoms in total. The maximum atomic E-state index is 14.0. The second-order valence-corrected chi connectivity index (χ2v) is 12.7. The molecule has 41 heavy (non-hydrogen) atoms. The predicted octanol–water partition coefficient (Wildman–Crippen LogP) is 6.33. The number of aryl methyl sites for hydroxylation is 1. The van der Waals surface area contributed by atoms with Gasteiger partial charge in [0.05, 0.1) is 11.7 Å². The molecule has 2 fully saturated rings. The molecular formula is C36H44N4O. The maximum Gasteiger partial charge on any atom is 0.254 e. The Morgan fingerprint density at radius 2 is 1.71 bits per heavy atom. The molecule has 0 radical (unpaired) electrons. The summed E-state index contributed by atoms with van der Waals surface area (Å²) in [6.45, 7) is 5.89. The highest BCUT2D eigenvalue weighted by atomic mass is 16.2. The third kappa shape index (κ3) is 5.72. The van der Waals surface area contributed by atoms with Crippen molar-refractivity contribution in [2.75, 3.05) is 40.3 Å². The van der Waals surface area contributed by atoms with Gasteiger partial charge >= 0.3 is 0 Å². The largest absolute Gasteiger partial charge is 0.364 e. The second kappa shape index (κ2) is 11.9. The van der Waals surface area contributed by atoms with Crippen molar-refractivity contribution in [3.05, 3.63) is 81.2 Å². The number of nitrogens with zero attached hydrogens (tertiary/aromatic N) is 4. The lowest BCUT2D eigenvalue weighted by molar-refractivity contribution is 0.0689. The van der Waals surface area contributed by atoms with Gasteiger partial charge in [-0.05, 0) is 98.4 Å². The van der Waals surface area contributed by atoms with Crippen molar-refractivity contribution in [2.45, 2.75) is 70.3 Å². The summed E-state index contributed by atoms with van der Waals surface area (Å²) in [7, 11) is 4.43. The van der Waals surface area contributed by atoms with E-state index in [2.05, 4.69) is 72.1 Å². The quantitative estimate of drug-likeness (QED) is 0.410. The number of hydrogen-bond acceptors (Lipinski definition) is 4. The summed E-state index contributed by atoms with van der Waals surface area (Å²) in [6.07, 6.45) is 16.6. The minimum atomic E-state index is 0.0755. The van der Waals surface area contributed by atoms with Gasteiger partial charge in [0.2, 0.25) is 0 Å². The zero-order chi connectivity index (χ0) is 28.5.